The Balaban J connectivity index is 1.49. The zero-order valence-corrected chi connectivity index (χ0v) is 18.6. The zero-order valence-electron chi connectivity index (χ0n) is 18.6. The lowest BCUT2D eigenvalue weighted by molar-refractivity contribution is 0.976. The number of hydrogen-bond donors (Lipinski definition) is 1. The summed E-state index contributed by atoms with van der Waals surface area (Å²) in [4.78, 5) is 0. The molecule has 6 aromatic rings. The Morgan fingerprint density at radius 3 is 2.32 bits per heavy atom. The van der Waals surface area contributed by atoms with Gasteiger partial charge >= 0.3 is 0 Å². The van der Waals surface area contributed by atoms with E-state index in [0.29, 0.717) is 0 Å². The van der Waals surface area contributed by atoms with Crippen molar-refractivity contribution >= 4 is 38.3 Å². The van der Waals surface area contributed by atoms with Gasteiger partial charge in [-0.2, -0.15) is 0 Å². The first-order chi connectivity index (χ1) is 16.9. The van der Waals surface area contributed by atoms with Crippen LogP contribution in [0.2, 0.25) is 0 Å². The minimum Gasteiger partial charge on any atom is -0.387 e. The Morgan fingerprint density at radius 2 is 1.50 bits per heavy atom. The summed E-state index contributed by atoms with van der Waals surface area (Å²) in [5, 5.41) is 7.10. The Morgan fingerprint density at radius 1 is 0.676 bits per heavy atom. The van der Waals surface area contributed by atoms with Gasteiger partial charge in [0, 0.05) is 46.5 Å². The molecule has 0 unspecified atom stereocenters. The molecule has 4 aromatic carbocycles. The number of aromatic nitrogens is 2. The van der Waals surface area contributed by atoms with E-state index in [1.54, 1.807) is 0 Å². The Bertz CT molecular complexity index is 1730. The van der Waals surface area contributed by atoms with E-state index in [-0.39, 0.29) is 0 Å². The van der Waals surface area contributed by atoms with Gasteiger partial charge in [-0.3, -0.25) is 0 Å². The molecular formula is C31H23N3. The number of benzene rings is 4. The third kappa shape index (κ3) is 2.84. The SMILES string of the molecule is C1=CC(c2ccc(-n3ccc4ccc5c(c6ccccc6n5-c5ccccc5)c43)cc2)=CNC1. The lowest BCUT2D eigenvalue weighted by Gasteiger charge is -2.11. The van der Waals surface area contributed by atoms with Crippen LogP contribution in [0.25, 0.3) is 49.7 Å². The van der Waals surface area contributed by atoms with Gasteiger partial charge in [0.1, 0.15) is 0 Å². The van der Waals surface area contributed by atoms with Gasteiger partial charge in [0.15, 0.2) is 0 Å². The molecular weight excluding hydrogens is 414 g/mol. The van der Waals surface area contributed by atoms with E-state index in [1.165, 1.54) is 49.5 Å². The van der Waals surface area contributed by atoms with Crippen molar-refractivity contribution in [3.05, 3.63) is 127 Å². The molecule has 3 nitrogen and oxygen atoms in total. The molecule has 0 aliphatic carbocycles. The van der Waals surface area contributed by atoms with Gasteiger partial charge in [-0.15, -0.1) is 0 Å². The number of rotatable bonds is 3. The van der Waals surface area contributed by atoms with Crippen molar-refractivity contribution in [3.8, 4) is 11.4 Å². The number of para-hydroxylation sites is 2. The molecule has 1 N–H and O–H groups in total. The van der Waals surface area contributed by atoms with Crippen LogP contribution in [0.1, 0.15) is 5.56 Å². The molecule has 0 saturated heterocycles. The van der Waals surface area contributed by atoms with Gasteiger partial charge in [0.05, 0.1) is 16.6 Å². The molecule has 0 radical (unpaired) electrons. The van der Waals surface area contributed by atoms with Crippen LogP contribution in [0.5, 0.6) is 0 Å². The minimum atomic E-state index is 0.892. The third-order valence-corrected chi connectivity index (χ3v) is 6.77. The maximum Gasteiger partial charge on any atom is 0.0628 e. The molecule has 3 heteroatoms. The van der Waals surface area contributed by atoms with E-state index >= 15 is 0 Å². The van der Waals surface area contributed by atoms with Crippen molar-refractivity contribution < 1.29 is 0 Å². The highest BCUT2D eigenvalue weighted by Gasteiger charge is 2.17. The maximum atomic E-state index is 3.30. The third-order valence-electron chi connectivity index (χ3n) is 6.77. The van der Waals surface area contributed by atoms with Crippen molar-refractivity contribution in [2.75, 3.05) is 6.54 Å². The number of fused-ring (bicyclic) bond motifs is 5. The Kier molecular flexibility index (Phi) is 4.21. The highest BCUT2D eigenvalue weighted by atomic mass is 15.0. The predicted octanol–water partition coefficient (Wildman–Crippen LogP) is 7.23. The highest BCUT2D eigenvalue weighted by Crippen LogP contribution is 2.38. The number of hydrogen-bond acceptors (Lipinski definition) is 1. The monoisotopic (exact) mass is 437 g/mol. The average molecular weight is 438 g/mol. The molecule has 0 spiro atoms. The standard InChI is InChI=1S/C31H23N3/c1-2-8-26(9-3-1)34-28-11-5-4-10-27(28)30-29(34)17-14-23-18-20-33(31(23)30)25-15-12-22(13-16-25)24-7-6-19-32-21-24/h1-18,20-21,32H,19H2. The molecule has 0 saturated carbocycles. The van der Waals surface area contributed by atoms with Gasteiger partial charge in [-0.05, 0) is 53.6 Å². The molecule has 0 amide bonds. The fourth-order valence-corrected chi connectivity index (χ4v) is 5.22. The highest BCUT2D eigenvalue weighted by molar-refractivity contribution is 6.20. The molecule has 1 aliphatic rings. The molecule has 7 rings (SSSR count). The lowest BCUT2D eigenvalue weighted by atomic mass is 10.0. The van der Waals surface area contributed by atoms with E-state index in [4.69, 9.17) is 0 Å². The largest absolute Gasteiger partial charge is 0.387 e. The van der Waals surface area contributed by atoms with E-state index in [0.717, 1.165) is 12.2 Å². The van der Waals surface area contributed by atoms with Crippen LogP contribution in [-0.4, -0.2) is 15.7 Å². The normalized spacial score (nSPS) is 13.5. The second kappa shape index (κ2) is 7.53. The van der Waals surface area contributed by atoms with Gasteiger partial charge in [0.2, 0.25) is 0 Å². The summed E-state index contributed by atoms with van der Waals surface area (Å²) < 4.78 is 4.70. The molecule has 0 bridgehead atoms. The quantitative estimate of drug-likeness (QED) is 0.310. The summed E-state index contributed by atoms with van der Waals surface area (Å²) in [6.45, 7) is 0.892. The van der Waals surface area contributed by atoms with Crippen LogP contribution < -0.4 is 5.32 Å². The van der Waals surface area contributed by atoms with Crippen LogP contribution >= 0.6 is 0 Å². The first-order valence-electron chi connectivity index (χ1n) is 11.7. The second-order valence-electron chi connectivity index (χ2n) is 8.73. The number of nitrogens with zero attached hydrogens (tertiary/aromatic N) is 2. The van der Waals surface area contributed by atoms with Crippen LogP contribution in [0.3, 0.4) is 0 Å². The zero-order chi connectivity index (χ0) is 22.5. The number of allylic oxidation sites excluding steroid dienone is 2. The van der Waals surface area contributed by atoms with Gasteiger partial charge in [-0.1, -0.05) is 66.7 Å². The molecule has 2 aromatic heterocycles. The van der Waals surface area contributed by atoms with Gasteiger partial charge < -0.3 is 14.5 Å². The van der Waals surface area contributed by atoms with Crippen molar-refractivity contribution in [2.45, 2.75) is 0 Å². The molecule has 0 atom stereocenters. The van der Waals surface area contributed by atoms with E-state index in [2.05, 4.69) is 136 Å². The lowest BCUT2D eigenvalue weighted by Crippen LogP contribution is -2.08. The molecule has 162 valence electrons. The molecule has 3 heterocycles. The number of nitrogens with one attached hydrogen (secondary N) is 1. The smallest absolute Gasteiger partial charge is 0.0628 e. The van der Waals surface area contributed by atoms with E-state index in [9.17, 15) is 0 Å². The fraction of sp³-hybridized carbons (Fsp3) is 0.0323. The van der Waals surface area contributed by atoms with Gasteiger partial charge in [0.25, 0.3) is 0 Å². The van der Waals surface area contributed by atoms with Crippen LogP contribution in [-0.2, 0) is 0 Å². The van der Waals surface area contributed by atoms with Crippen molar-refractivity contribution in [2.24, 2.45) is 0 Å². The van der Waals surface area contributed by atoms with Crippen LogP contribution in [0, 0.1) is 0 Å². The summed E-state index contributed by atoms with van der Waals surface area (Å²) in [5.41, 5.74) is 8.46. The number of dihydropyridines is 1. The molecule has 34 heavy (non-hydrogen) atoms. The summed E-state index contributed by atoms with van der Waals surface area (Å²) in [6.07, 6.45) is 8.61. The first kappa shape index (κ1) is 19.0. The average Bonchev–Trinajstić information content (AvgIpc) is 3.49. The predicted molar refractivity (Wildman–Crippen MR) is 143 cm³/mol. The maximum absolute atomic E-state index is 3.30. The van der Waals surface area contributed by atoms with Crippen LogP contribution in [0.4, 0.5) is 0 Å². The second-order valence-corrected chi connectivity index (χ2v) is 8.73. The summed E-state index contributed by atoms with van der Waals surface area (Å²) in [7, 11) is 0. The molecule has 0 fully saturated rings. The van der Waals surface area contributed by atoms with Crippen molar-refractivity contribution in [1.29, 1.82) is 0 Å². The van der Waals surface area contributed by atoms with E-state index in [1.807, 2.05) is 0 Å². The minimum absolute atomic E-state index is 0.892. The fourth-order valence-electron chi connectivity index (χ4n) is 5.22. The first-order valence-corrected chi connectivity index (χ1v) is 11.7. The summed E-state index contributed by atoms with van der Waals surface area (Å²) >= 11 is 0. The van der Waals surface area contributed by atoms with E-state index < -0.39 is 0 Å². The van der Waals surface area contributed by atoms with Crippen molar-refractivity contribution in [3.63, 3.8) is 0 Å². The topological polar surface area (TPSA) is 21.9 Å². The Hall–Kier alpha value is -4.50. The summed E-state index contributed by atoms with van der Waals surface area (Å²) in [6, 6.07) is 34.9. The Labute approximate surface area is 197 Å². The molecule has 1 aliphatic heterocycles. The summed E-state index contributed by atoms with van der Waals surface area (Å²) in [5.74, 6) is 0. The van der Waals surface area contributed by atoms with Crippen molar-refractivity contribution in [1.82, 2.24) is 14.5 Å². The van der Waals surface area contributed by atoms with Gasteiger partial charge in [-0.25, -0.2) is 0 Å². The van der Waals surface area contributed by atoms with Crippen LogP contribution in [0.15, 0.2) is 122 Å².